The second-order valence-corrected chi connectivity index (χ2v) is 3.85. The summed E-state index contributed by atoms with van der Waals surface area (Å²) in [7, 11) is 1.68. The molecule has 4 heteroatoms. The van der Waals surface area contributed by atoms with Crippen LogP contribution < -0.4 is 4.90 Å². The SMILES string of the molecule is C=CCN(CCOC)c1ccc(C(C)O)cn1. The third-order valence-electron chi connectivity index (χ3n) is 2.49. The summed E-state index contributed by atoms with van der Waals surface area (Å²) in [5.41, 5.74) is 0.819. The van der Waals surface area contributed by atoms with E-state index >= 15 is 0 Å². The van der Waals surface area contributed by atoms with Crippen molar-refractivity contribution >= 4 is 5.82 Å². The van der Waals surface area contributed by atoms with Gasteiger partial charge in [-0.3, -0.25) is 0 Å². The molecule has 0 aromatic carbocycles. The number of anilines is 1. The summed E-state index contributed by atoms with van der Waals surface area (Å²) in [4.78, 5) is 6.41. The van der Waals surface area contributed by atoms with Gasteiger partial charge in [0.2, 0.25) is 0 Å². The molecule has 0 aliphatic heterocycles. The highest BCUT2D eigenvalue weighted by molar-refractivity contribution is 5.40. The van der Waals surface area contributed by atoms with Crippen LogP contribution in [0.15, 0.2) is 31.0 Å². The van der Waals surface area contributed by atoms with E-state index in [0.29, 0.717) is 6.61 Å². The van der Waals surface area contributed by atoms with E-state index in [1.54, 1.807) is 20.2 Å². The van der Waals surface area contributed by atoms with Crippen molar-refractivity contribution in [3.8, 4) is 0 Å². The van der Waals surface area contributed by atoms with Gasteiger partial charge in [-0.05, 0) is 18.6 Å². The molecule has 0 saturated carbocycles. The summed E-state index contributed by atoms with van der Waals surface area (Å²) in [6, 6.07) is 3.79. The molecule has 0 radical (unpaired) electrons. The Bertz CT molecular complexity index is 336. The van der Waals surface area contributed by atoms with Gasteiger partial charge in [-0.25, -0.2) is 4.98 Å². The maximum atomic E-state index is 9.41. The quantitative estimate of drug-likeness (QED) is 0.733. The largest absolute Gasteiger partial charge is 0.389 e. The molecule has 0 spiro atoms. The lowest BCUT2D eigenvalue weighted by Crippen LogP contribution is -2.28. The number of hydrogen-bond acceptors (Lipinski definition) is 4. The molecule has 94 valence electrons. The fraction of sp³-hybridized carbons (Fsp3) is 0.462. The standard InChI is InChI=1S/C13H20N2O2/c1-4-7-15(8-9-17-3)13-6-5-12(10-14-13)11(2)16/h4-6,10-11,16H,1,7-9H2,2-3H3. The molecular formula is C13H20N2O2. The van der Waals surface area contributed by atoms with Crippen molar-refractivity contribution in [3.05, 3.63) is 36.5 Å². The van der Waals surface area contributed by atoms with Crippen molar-refractivity contribution in [2.75, 3.05) is 31.7 Å². The lowest BCUT2D eigenvalue weighted by Gasteiger charge is -2.22. The summed E-state index contributed by atoms with van der Waals surface area (Å²) in [5.74, 6) is 0.867. The van der Waals surface area contributed by atoms with Gasteiger partial charge in [0.15, 0.2) is 0 Å². The Morgan fingerprint density at radius 1 is 1.59 bits per heavy atom. The lowest BCUT2D eigenvalue weighted by molar-refractivity contribution is 0.198. The minimum absolute atomic E-state index is 0.483. The van der Waals surface area contributed by atoms with Crippen molar-refractivity contribution in [2.24, 2.45) is 0 Å². The third kappa shape index (κ3) is 4.17. The zero-order valence-electron chi connectivity index (χ0n) is 10.5. The fourth-order valence-corrected chi connectivity index (χ4v) is 1.49. The first-order valence-electron chi connectivity index (χ1n) is 5.67. The van der Waals surface area contributed by atoms with E-state index < -0.39 is 6.10 Å². The van der Waals surface area contributed by atoms with Gasteiger partial charge >= 0.3 is 0 Å². The zero-order valence-corrected chi connectivity index (χ0v) is 10.5. The van der Waals surface area contributed by atoms with E-state index in [1.807, 2.05) is 18.2 Å². The summed E-state index contributed by atoms with van der Waals surface area (Å²) in [6.07, 6.45) is 3.05. The van der Waals surface area contributed by atoms with Crippen molar-refractivity contribution in [1.82, 2.24) is 4.98 Å². The average molecular weight is 236 g/mol. The first kappa shape index (κ1) is 13.7. The van der Waals surface area contributed by atoms with Crippen LogP contribution >= 0.6 is 0 Å². The summed E-state index contributed by atoms with van der Waals surface area (Å²) in [6.45, 7) is 7.60. The van der Waals surface area contributed by atoms with Crippen molar-refractivity contribution in [3.63, 3.8) is 0 Å². The maximum absolute atomic E-state index is 9.41. The Labute approximate surface area is 103 Å². The van der Waals surface area contributed by atoms with Gasteiger partial charge in [-0.15, -0.1) is 6.58 Å². The molecule has 0 amide bonds. The number of aliphatic hydroxyl groups is 1. The molecule has 1 heterocycles. The van der Waals surface area contributed by atoms with Crippen molar-refractivity contribution in [1.29, 1.82) is 0 Å². The molecule has 0 saturated heterocycles. The molecule has 1 aromatic rings. The predicted octanol–water partition coefficient (Wildman–Crippen LogP) is 1.77. The molecule has 1 aromatic heterocycles. The number of nitrogens with zero attached hydrogens (tertiary/aromatic N) is 2. The maximum Gasteiger partial charge on any atom is 0.128 e. The second kappa shape index (κ2) is 7.04. The van der Waals surface area contributed by atoms with Crippen LogP contribution in [0.4, 0.5) is 5.82 Å². The topological polar surface area (TPSA) is 45.6 Å². The molecular weight excluding hydrogens is 216 g/mol. The van der Waals surface area contributed by atoms with Crippen LogP contribution in [0.2, 0.25) is 0 Å². The first-order chi connectivity index (χ1) is 8.19. The van der Waals surface area contributed by atoms with Gasteiger partial charge in [0.1, 0.15) is 5.82 Å². The zero-order chi connectivity index (χ0) is 12.7. The van der Waals surface area contributed by atoms with E-state index in [0.717, 1.165) is 24.5 Å². The molecule has 0 fully saturated rings. The van der Waals surface area contributed by atoms with Gasteiger partial charge in [-0.1, -0.05) is 12.1 Å². The van der Waals surface area contributed by atoms with E-state index in [2.05, 4.69) is 16.5 Å². The molecule has 1 N–H and O–H groups in total. The second-order valence-electron chi connectivity index (χ2n) is 3.85. The number of rotatable bonds is 7. The van der Waals surface area contributed by atoms with E-state index in [9.17, 15) is 5.11 Å². The van der Waals surface area contributed by atoms with Crippen LogP contribution in [0.1, 0.15) is 18.6 Å². The number of aliphatic hydroxyl groups excluding tert-OH is 1. The Kier molecular flexibility index (Phi) is 5.66. The molecule has 1 rings (SSSR count). The van der Waals surface area contributed by atoms with Gasteiger partial charge in [-0.2, -0.15) is 0 Å². The van der Waals surface area contributed by atoms with Crippen molar-refractivity contribution < 1.29 is 9.84 Å². The molecule has 1 unspecified atom stereocenters. The lowest BCUT2D eigenvalue weighted by atomic mass is 10.2. The molecule has 0 bridgehead atoms. The van der Waals surface area contributed by atoms with E-state index in [-0.39, 0.29) is 0 Å². The van der Waals surface area contributed by atoms with Gasteiger partial charge in [0, 0.05) is 26.4 Å². The fourth-order valence-electron chi connectivity index (χ4n) is 1.49. The average Bonchev–Trinajstić information content (AvgIpc) is 2.34. The highest BCUT2D eigenvalue weighted by atomic mass is 16.5. The molecule has 0 aliphatic carbocycles. The smallest absolute Gasteiger partial charge is 0.128 e. The third-order valence-corrected chi connectivity index (χ3v) is 2.49. The van der Waals surface area contributed by atoms with E-state index in [1.165, 1.54) is 0 Å². The number of aromatic nitrogens is 1. The van der Waals surface area contributed by atoms with Gasteiger partial charge in [0.25, 0.3) is 0 Å². The normalized spacial score (nSPS) is 12.2. The minimum Gasteiger partial charge on any atom is -0.389 e. The van der Waals surface area contributed by atoms with Crippen LogP contribution in [0.25, 0.3) is 0 Å². The summed E-state index contributed by atoms with van der Waals surface area (Å²) < 4.78 is 5.06. The van der Waals surface area contributed by atoms with Gasteiger partial charge in [0.05, 0.1) is 12.7 Å². The molecule has 4 nitrogen and oxygen atoms in total. The van der Waals surface area contributed by atoms with Crippen molar-refractivity contribution in [2.45, 2.75) is 13.0 Å². The Morgan fingerprint density at radius 3 is 2.82 bits per heavy atom. The summed E-state index contributed by atoms with van der Waals surface area (Å²) in [5, 5.41) is 9.41. The van der Waals surface area contributed by atoms with Crippen LogP contribution in [-0.4, -0.2) is 36.9 Å². The Balaban J connectivity index is 2.75. The highest BCUT2D eigenvalue weighted by Gasteiger charge is 2.07. The number of pyridine rings is 1. The van der Waals surface area contributed by atoms with E-state index in [4.69, 9.17) is 4.74 Å². The Morgan fingerprint density at radius 2 is 2.35 bits per heavy atom. The number of methoxy groups -OCH3 is 1. The summed E-state index contributed by atoms with van der Waals surface area (Å²) >= 11 is 0. The highest BCUT2D eigenvalue weighted by Crippen LogP contribution is 2.15. The van der Waals surface area contributed by atoms with Crippen LogP contribution in [0, 0.1) is 0 Å². The monoisotopic (exact) mass is 236 g/mol. The van der Waals surface area contributed by atoms with Crippen LogP contribution in [-0.2, 0) is 4.74 Å². The minimum atomic E-state index is -0.483. The number of hydrogen-bond donors (Lipinski definition) is 1. The molecule has 17 heavy (non-hydrogen) atoms. The Hall–Kier alpha value is -1.39. The van der Waals surface area contributed by atoms with Crippen LogP contribution in [0.5, 0.6) is 0 Å². The number of ether oxygens (including phenoxy) is 1. The predicted molar refractivity (Wildman–Crippen MR) is 69.2 cm³/mol. The molecule has 0 aliphatic rings. The molecule has 1 atom stereocenters. The van der Waals surface area contributed by atoms with Crippen LogP contribution in [0.3, 0.4) is 0 Å². The van der Waals surface area contributed by atoms with Gasteiger partial charge < -0.3 is 14.7 Å². The first-order valence-corrected chi connectivity index (χ1v) is 5.67.